The molecule has 0 unspecified atom stereocenters. The van der Waals surface area contributed by atoms with Gasteiger partial charge in [0.25, 0.3) is 5.91 Å². The van der Waals surface area contributed by atoms with Gasteiger partial charge in [-0.2, -0.15) is 0 Å². The number of fused-ring (bicyclic) bond motifs is 4. The second-order valence-electron chi connectivity index (χ2n) is 7.91. The molecule has 8 nitrogen and oxygen atoms in total. The second-order valence-corrected chi connectivity index (χ2v) is 7.91. The van der Waals surface area contributed by atoms with Crippen molar-refractivity contribution in [3.05, 3.63) is 29.6 Å². The molecule has 4 heterocycles. The monoisotopic (exact) mass is 422 g/mol. The minimum Gasteiger partial charge on any atom is -0.465 e. The number of methoxy groups -OCH3 is 1. The summed E-state index contributed by atoms with van der Waals surface area (Å²) in [5, 5.41) is 6.46. The molecule has 29 heavy (non-hydrogen) atoms. The first-order valence-corrected chi connectivity index (χ1v) is 9.92. The molecule has 0 radical (unpaired) electrons. The highest BCUT2D eigenvalue weighted by molar-refractivity contribution is 5.97. The summed E-state index contributed by atoms with van der Waals surface area (Å²) in [5.74, 6) is 0.231. The van der Waals surface area contributed by atoms with E-state index in [9.17, 15) is 14.4 Å². The van der Waals surface area contributed by atoms with Crippen LogP contribution in [-0.4, -0.2) is 66.5 Å². The Labute approximate surface area is 176 Å². The zero-order chi connectivity index (χ0) is 19.7. The van der Waals surface area contributed by atoms with Crippen LogP contribution in [0.15, 0.2) is 18.5 Å². The van der Waals surface area contributed by atoms with Crippen LogP contribution >= 0.6 is 12.4 Å². The number of ether oxygens (including phenoxy) is 1. The zero-order valence-electron chi connectivity index (χ0n) is 16.4. The summed E-state index contributed by atoms with van der Waals surface area (Å²) in [6, 6.07) is 1.75. The van der Waals surface area contributed by atoms with Gasteiger partial charge >= 0.3 is 5.97 Å². The molecule has 9 heteroatoms. The van der Waals surface area contributed by atoms with Crippen LogP contribution in [0.3, 0.4) is 0 Å². The lowest BCUT2D eigenvalue weighted by Gasteiger charge is -2.54. The molecule has 3 saturated heterocycles. The summed E-state index contributed by atoms with van der Waals surface area (Å²) in [6.45, 7) is 2.24. The second kappa shape index (κ2) is 9.09. The van der Waals surface area contributed by atoms with Gasteiger partial charge in [-0.1, -0.05) is 0 Å². The van der Waals surface area contributed by atoms with Gasteiger partial charge in [-0.25, -0.2) is 4.79 Å². The summed E-state index contributed by atoms with van der Waals surface area (Å²) in [4.78, 5) is 43.0. The van der Waals surface area contributed by atoms with E-state index in [1.165, 1.54) is 25.6 Å². The average molecular weight is 423 g/mol. The third-order valence-corrected chi connectivity index (χ3v) is 6.29. The Kier molecular flexibility index (Phi) is 6.74. The molecule has 2 N–H and O–H groups in total. The zero-order valence-corrected chi connectivity index (χ0v) is 17.2. The molecule has 0 aliphatic carbocycles. The maximum absolute atomic E-state index is 12.7. The van der Waals surface area contributed by atoms with Crippen molar-refractivity contribution < 1.29 is 19.1 Å². The fourth-order valence-corrected chi connectivity index (χ4v) is 4.99. The van der Waals surface area contributed by atoms with Gasteiger partial charge in [-0.3, -0.25) is 14.6 Å². The largest absolute Gasteiger partial charge is 0.465 e. The fraction of sp³-hybridized carbons (Fsp3) is 0.600. The number of nitrogens with one attached hydrogen (secondary N) is 2. The number of aromatic nitrogens is 1. The van der Waals surface area contributed by atoms with Crippen molar-refractivity contribution in [1.29, 1.82) is 0 Å². The Morgan fingerprint density at radius 1 is 1.28 bits per heavy atom. The molecule has 2 amide bonds. The van der Waals surface area contributed by atoms with Crippen LogP contribution in [0.4, 0.5) is 0 Å². The van der Waals surface area contributed by atoms with Gasteiger partial charge in [0, 0.05) is 37.9 Å². The molecule has 158 valence electrons. The van der Waals surface area contributed by atoms with Crippen molar-refractivity contribution in [3.63, 3.8) is 0 Å². The van der Waals surface area contributed by atoms with Crippen molar-refractivity contribution in [1.82, 2.24) is 20.5 Å². The number of pyridine rings is 1. The summed E-state index contributed by atoms with van der Waals surface area (Å²) in [5.41, 5.74) is 0.540. The number of halogens is 1. The number of carbonyl (C=O) groups excluding carboxylic acids is 3. The number of esters is 1. The minimum absolute atomic E-state index is 0. The van der Waals surface area contributed by atoms with Crippen LogP contribution < -0.4 is 10.6 Å². The van der Waals surface area contributed by atoms with Crippen LogP contribution in [-0.2, 0) is 9.53 Å². The van der Waals surface area contributed by atoms with Crippen LogP contribution in [0.5, 0.6) is 0 Å². The Morgan fingerprint density at radius 2 is 2.03 bits per heavy atom. The highest BCUT2D eigenvalue weighted by Gasteiger charge is 2.47. The Hall–Kier alpha value is -2.19. The number of amides is 2. The normalized spacial score (nSPS) is 28.0. The number of nitrogens with zero attached hydrogens (tertiary/aromatic N) is 2. The number of hydrogen-bond donors (Lipinski definition) is 2. The molecule has 0 saturated carbocycles. The molecule has 0 aromatic carbocycles. The molecular formula is C20H27ClN4O4. The lowest BCUT2D eigenvalue weighted by Crippen LogP contribution is -2.66. The van der Waals surface area contributed by atoms with E-state index >= 15 is 0 Å². The predicted molar refractivity (Wildman–Crippen MR) is 108 cm³/mol. The smallest absolute Gasteiger partial charge is 0.339 e. The molecule has 3 fully saturated rings. The van der Waals surface area contributed by atoms with E-state index in [4.69, 9.17) is 0 Å². The van der Waals surface area contributed by atoms with Crippen LogP contribution in [0, 0.1) is 11.8 Å². The van der Waals surface area contributed by atoms with Gasteiger partial charge in [0.1, 0.15) is 0 Å². The standard InChI is InChI=1S/C20H26N4O4.ClH/c1-28-20(27)15-6-14(9-22-10-15)19(26)23-11-17-13-5-12(7-21-8-13)16-3-2-4-18(25)24(16)17;/h6,9-10,12-13,16-17,21H,2-5,7-8,11H2,1H3,(H,23,26);1H/t12-,13+,16+,17+;/m1./s1. The van der Waals surface area contributed by atoms with E-state index in [-0.39, 0.29) is 41.9 Å². The van der Waals surface area contributed by atoms with Crippen molar-refractivity contribution in [2.45, 2.75) is 37.8 Å². The first kappa shape index (κ1) is 21.5. The van der Waals surface area contributed by atoms with Gasteiger partial charge < -0.3 is 20.3 Å². The molecule has 1 aromatic heterocycles. The Balaban J connectivity index is 0.00000240. The van der Waals surface area contributed by atoms with Crippen molar-refractivity contribution >= 4 is 30.2 Å². The van der Waals surface area contributed by atoms with Crippen LogP contribution in [0.2, 0.25) is 0 Å². The van der Waals surface area contributed by atoms with E-state index < -0.39 is 5.97 Å². The lowest BCUT2D eigenvalue weighted by atomic mass is 9.72. The Morgan fingerprint density at radius 3 is 2.83 bits per heavy atom. The summed E-state index contributed by atoms with van der Waals surface area (Å²) < 4.78 is 4.68. The maximum Gasteiger partial charge on any atom is 0.339 e. The van der Waals surface area contributed by atoms with Gasteiger partial charge in [0.05, 0.1) is 24.3 Å². The first-order valence-electron chi connectivity index (χ1n) is 9.92. The first-order chi connectivity index (χ1) is 13.6. The van der Waals surface area contributed by atoms with E-state index in [1.54, 1.807) is 0 Å². The van der Waals surface area contributed by atoms with E-state index in [2.05, 4.69) is 25.3 Å². The number of rotatable bonds is 4. The van der Waals surface area contributed by atoms with Gasteiger partial charge in [-0.05, 0) is 43.7 Å². The molecule has 3 aliphatic rings. The molecular weight excluding hydrogens is 396 g/mol. The molecule has 4 atom stereocenters. The molecule has 2 bridgehead atoms. The summed E-state index contributed by atoms with van der Waals surface area (Å²) in [6.07, 6.45) is 6.48. The van der Waals surface area contributed by atoms with Gasteiger partial charge in [0.15, 0.2) is 0 Å². The summed E-state index contributed by atoms with van der Waals surface area (Å²) >= 11 is 0. The topological polar surface area (TPSA) is 101 Å². The highest BCUT2D eigenvalue weighted by atomic mass is 35.5. The summed E-state index contributed by atoms with van der Waals surface area (Å²) in [7, 11) is 1.29. The number of hydrogen-bond acceptors (Lipinski definition) is 6. The van der Waals surface area contributed by atoms with Crippen LogP contribution in [0.25, 0.3) is 0 Å². The SMILES string of the molecule is COC(=O)c1cncc(C(=O)NC[C@H]2[C@@H]3CNC[C@@H](C3)[C@@H]3CCCC(=O)N32)c1.Cl. The van der Waals surface area contributed by atoms with Crippen molar-refractivity contribution in [2.24, 2.45) is 11.8 Å². The van der Waals surface area contributed by atoms with E-state index in [1.807, 2.05) is 0 Å². The van der Waals surface area contributed by atoms with Crippen molar-refractivity contribution in [2.75, 3.05) is 26.7 Å². The predicted octanol–water partition coefficient (Wildman–Crippen LogP) is 1.01. The number of piperidine rings is 3. The number of carbonyl (C=O) groups is 3. The maximum atomic E-state index is 12.7. The fourth-order valence-electron chi connectivity index (χ4n) is 4.99. The Bertz CT molecular complexity index is 789. The van der Waals surface area contributed by atoms with Crippen molar-refractivity contribution in [3.8, 4) is 0 Å². The molecule has 0 spiro atoms. The third kappa shape index (κ3) is 4.23. The minimum atomic E-state index is -0.532. The quantitative estimate of drug-likeness (QED) is 0.702. The molecule has 1 aromatic rings. The molecule has 4 rings (SSSR count). The van der Waals surface area contributed by atoms with E-state index in [0.29, 0.717) is 30.4 Å². The van der Waals surface area contributed by atoms with Gasteiger partial charge in [-0.15, -0.1) is 12.4 Å². The molecule has 3 aliphatic heterocycles. The third-order valence-electron chi connectivity index (χ3n) is 6.29. The van der Waals surface area contributed by atoms with E-state index in [0.717, 1.165) is 32.4 Å². The highest BCUT2D eigenvalue weighted by Crippen LogP contribution is 2.39. The van der Waals surface area contributed by atoms with Crippen LogP contribution in [0.1, 0.15) is 46.4 Å². The average Bonchev–Trinajstić information content (AvgIpc) is 2.73. The lowest BCUT2D eigenvalue weighted by molar-refractivity contribution is -0.148. The van der Waals surface area contributed by atoms with Gasteiger partial charge in [0.2, 0.25) is 5.91 Å².